The Morgan fingerprint density at radius 1 is 1.44 bits per heavy atom. The first-order chi connectivity index (χ1) is 4.29. The van der Waals surface area contributed by atoms with E-state index < -0.39 is 6.08 Å². The van der Waals surface area contributed by atoms with E-state index in [4.69, 9.17) is 5.41 Å². The maximum Gasteiger partial charge on any atom is 0.142 e. The van der Waals surface area contributed by atoms with Crippen LogP contribution in [0.2, 0.25) is 0 Å². The van der Waals surface area contributed by atoms with Gasteiger partial charge >= 0.3 is 0 Å². The molecule has 0 aromatic rings. The van der Waals surface area contributed by atoms with Crippen LogP contribution in [0.5, 0.6) is 0 Å². The predicted molar refractivity (Wildman–Crippen MR) is 31.1 cm³/mol. The van der Waals surface area contributed by atoms with Crippen molar-refractivity contribution in [1.82, 2.24) is 0 Å². The van der Waals surface area contributed by atoms with Crippen molar-refractivity contribution in [2.45, 2.75) is 31.8 Å². The smallest absolute Gasteiger partial charge is 0.142 e. The topological polar surface area (TPSA) is 56.1 Å². The molecule has 1 aliphatic carbocycles. The van der Waals surface area contributed by atoms with E-state index in [2.05, 4.69) is 4.74 Å². The quantitative estimate of drug-likeness (QED) is 0.406. The molecule has 1 saturated carbocycles. The van der Waals surface area contributed by atoms with Crippen molar-refractivity contribution in [3.8, 4) is 0 Å². The summed E-state index contributed by atoms with van der Waals surface area (Å²) in [5.41, 5.74) is 0. The SMILES string of the molecule is N=C([O-])OC1CCCC1. The fourth-order valence-electron chi connectivity index (χ4n) is 1.16. The molecule has 0 spiro atoms. The van der Waals surface area contributed by atoms with E-state index in [1.54, 1.807) is 0 Å². The summed E-state index contributed by atoms with van der Waals surface area (Å²) >= 11 is 0. The van der Waals surface area contributed by atoms with Crippen LogP contribution in [0.15, 0.2) is 0 Å². The molecule has 3 nitrogen and oxygen atoms in total. The maximum absolute atomic E-state index is 10.0. The van der Waals surface area contributed by atoms with Crippen molar-refractivity contribution in [3.05, 3.63) is 0 Å². The standard InChI is InChI=1S/C6H11NO2/c7-6(8)9-5-3-1-2-4-5/h5H,1-4H2,(H2,7,8)/p-1. The highest BCUT2D eigenvalue weighted by Gasteiger charge is 2.10. The number of nitrogens with one attached hydrogen (secondary N) is 1. The Bertz CT molecular complexity index is 108. The molecule has 52 valence electrons. The molecule has 0 bridgehead atoms. The summed E-state index contributed by atoms with van der Waals surface area (Å²) < 4.78 is 4.64. The molecule has 0 heterocycles. The van der Waals surface area contributed by atoms with Crippen LogP contribution >= 0.6 is 0 Å². The first kappa shape index (κ1) is 6.39. The minimum atomic E-state index is -0.887. The van der Waals surface area contributed by atoms with E-state index in [1.165, 1.54) is 0 Å². The molecule has 9 heavy (non-hydrogen) atoms. The Kier molecular flexibility index (Phi) is 1.92. The van der Waals surface area contributed by atoms with Gasteiger partial charge in [-0.1, -0.05) is 12.8 Å². The molecule has 3 heteroatoms. The van der Waals surface area contributed by atoms with E-state index in [0.29, 0.717) is 0 Å². The lowest BCUT2D eigenvalue weighted by Crippen LogP contribution is -2.24. The summed E-state index contributed by atoms with van der Waals surface area (Å²) in [7, 11) is 0. The molecule has 1 N–H and O–H groups in total. The highest BCUT2D eigenvalue weighted by Crippen LogP contribution is 2.20. The molecule has 0 aliphatic heterocycles. The van der Waals surface area contributed by atoms with Gasteiger partial charge in [0.15, 0.2) is 0 Å². The summed E-state index contributed by atoms with van der Waals surface area (Å²) in [4.78, 5) is 0. The summed E-state index contributed by atoms with van der Waals surface area (Å²) in [6, 6.07) is 0. The van der Waals surface area contributed by atoms with E-state index in [1.807, 2.05) is 0 Å². The van der Waals surface area contributed by atoms with Crippen LogP contribution in [0.1, 0.15) is 25.7 Å². The fraction of sp³-hybridized carbons (Fsp3) is 0.833. The molecule has 0 saturated heterocycles. The van der Waals surface area contributed by atoms with Crippen molar-refractivity contribution >= 4 is 6.08 Å². The van der Waals surface area contributed by atoms with E-state index >= 15 is 0 Å². The van der Waals surface area contributed by atoms with Crippen molar-refractivity contribution in [2.24, 2.45) is 0 Å². The van der Waals surface area contributed by atoms with Crippen LogP contribution in [0, 0.1) is 5.41 Å². The van der Waals surface area contributed by atoms with Crippen molar-refractivity contribution < 1.29 is 9.84 Å². The van der Waals surface area contributed by atoms with E-state index in [-0.39, 0.29) is 6.10 Å². The highest BCUT2D eigenvalue weighted by molar-refractivity contribution is 5.57. The van der Waals surface area contributed by atoms with Gasteiger partial charge < -0.3 is 9.84 Å². The Labute approximate surface area is 54.2 Å². The van der Waals surface area contributed by atoms with Gasteiger partial charge in [0, 0.05) is 6.10 Å². The van der Waals surface area contributed by atoms with Gasteiger partial charge in [0.25, 0.3) is 0 Å². The number of rotatable bonds is 1. The van der Waals surface area contributed by atoms with Gasteiger partial charge in [0.2, 0.25) is 0 Å². The Morgan fingerprint density at radius 2 is 2.00 bits per heavy atom. The van der Waals surface area contributed by atoms with Gasteiger partial charge in [-0.2, -0.15) is 0 Å². The molecule has 0 aromatic heterocycles. The Balaban J connectivity index is 2.19. The van der Waals surface area contributed by atoms with Gasteiger partial charge in [-0.3, -0.25) is 5.41 Å². The lowest BCUT2D eigenvalue weighted by molar-refractivity contribution is -0.257. The average molecular weight is 128 g/mol. The number of hydrogen-bond donors (Lipinski definition) is 1. The van der Waals surface area contributed by atoms with Crippen LogP contribution in [-0.4, -0.2) is 12.2 Å². The summed E-state index contributed by atoms with van der Waals surface area (Å²) in [5.74, 6) is 0. The Morgan fingerprint density at radius 3 is 2.44 bits per heavy atom. The highest BCUT2D eigenvalue weighted by atomic mass is 16.6. The second-order valence-electron chi connectivity index (χ2n) is 2.31. The second kappa shape index (κ2) is 2.71. The zero-order chi connectivity index (χ0) is 6.69. The summed E-state index contributed by atoms with van der Waals surface area (Å²) in [5, 5.41) is 16.5. The van der Waals surface area contributed by atoms with Gasteiger partial charge in [-0.15, -0.1) is 0 Å². The fourth-order valence-corrected chi connectivity index (χ4v) is 1.16. The minimum absolute atomic E-state index is 0.0509. The molecule has 1 rings (SSSR count). The molecule has 0 unspecified atom stereocenters. The molecule has 0 atom stereocenters. The van der Waals surface area contributed by atoms with Gasteiger partial charge in [-0.05, 0) is 12.8 Å². The monoisotopic (exact) mass is 128 g/mol. The third-order valence-electron chi connectivity index (χ3n) is 1.58. The lowest BCUT2D eigenvalue weighted by atomic mass is 10.3. The largest absolute Gasteiger partial charge is 0.597 e. The van der Waals surface area contributed by atoms with Crippen LogP contribution in [-0.2, 0) is 4.74 Å². The van der Waals surface area contributed by atoms with E-state index in [0.717, 1.165) is 25.7 Å². The van der Waals surface area contributed by atoms with Crippen LogP contribution in [0.25, 0.3) is 0 Å². The summed E-state index contributed by atoms with van der Waals surface area (Å²) in [6.07, 6.45) is 3.34. The van der Waals surface area contributed by atoms with Gasteiger partial charge in [0.05, 0.1) is 0 Å². The van der Waals surface area contributed by atoms with Gasteiger partial charge in [0.1, 0.15) is 6.08 Å². The molecule has 0 radical (unpaired) electrons. The zero-order valence-corrected chi connectivity index (χ0v) is 5.22. The van der Waals surface area contributed by atoms with Crippen molar-refractivity contribution in [1.29, 1.82) is 5.41 Å². The molecule has 1 fully saturated rings. The molecular weight excluding hydrogens is 118 g/mol. The molecule has 1 aliphatic rings. The third-order valence-corrected chi connectivity index (χ3v) is 1.58. The molecule has 0 aromatic carbocycles. The minimum Gasteiger partial charge on any atom is -0.597 e. The van der Waals surface area contributed by atoms with Crippen molar-refractivity contribution in [2.75, 3.05) is 0 Å². The van der Waals surface area contributed by atoms with Crippen LogP contribution in [0.4, 0.5) is 0 Å². The normalized spacial score (nSPS) is 20.0. The second-order valence-corrected chi connectivity index (χ2v) is 2.31. The van der Waals surface area contributed by atoms with Crippen LogP contribution < -0.4 is 5.11 Å². The first-order valence-electron chi connectivity index (χ1n) is 3.21. The van der Waals surface area contributed by atoms with Gasteiger partial charge in [-0.25, -0.2) is 0 Å². The zero-order valence-electron chi connectivity index (χ0n) is 5.22. The third kappa shape index (κ3) is 1.91. The summed E-state index contributed by atoms with van der Waals surface area (Å²) in [6.45, 7) is 0. The number of hydrogen-bond acceptors (Lipinski definition) is 3. The molecule has 0 amide bonds. The predicted octanol–water partition coefficient (Wildman–Crippen LogP) is 0.241. The van der Waals surface area contributed by atoms with E-state index in [9.17, 15) is 5.11 Å². The lowest BCUT2D eigenvalue weighted by Gasteiger charge is -2.19. The molecular formula is C6H10NO2-. The van der Waals surface area contributed by atoms with Crippen molar-refractivity contribution in [3.63, 3.8) is 0 Å². The number of ether oxygens (including phenoxy) is 1. The first-order valence-corrected chi connectivity index (χ1v) is 3.21. The van der Waals surface area contributed by atoms with Crippen LogP contribution in [0.3, 0.4) is 0 Å². The maximum atomic E-state index is 10.0. The average Bonchev–Trinajstić information content (AvgIpc) is 2.15. The Hall–Kier alpha value is -0.730.